The van der Waals surface area contributed by atoms with Gasteiger partial charge in [0.1, 0.15) is 5.75 Å². The van der Waals surface area contributed by atoms with Crippen LogP contribution in [0, 0.1) is 5.41 Å². The Morgan fingerprint density at radius 3 is 2.24 bits per heavy atom. The molecule has 0 saturated carbocycles. The van der Waals surface area contributed by atoms with E-state index in [2.05, 4.69) is 36.4 Å². The van der Waals surface area contributed by atoms with Gasteiger partial charge in [0.15, 0.2) is 5.96 Å². The van der Waals surface area contributed by atoms with Gasteiger partial charge in [-0.2, -0.15) is 0 Å². The van der Waals surface area contributed by atoms with Gasteiger partial charge in [0.25, 0.3) is 0 Å². The molecule has 0 heterocycles. The van der Waals surface area contributed by atoms with E-state index in [-0.39, 0.29) is 36.0 Å². The van der Waals surface area contributed by atoms with Crippen LogP contribution in [0.5, 0.6) is 5.75 Å². The number of benzene rings is 1. The van der Waals surface area contributed by atoms with Crippen molar-refractivity contribution in [2.24, 2.45) is 10.4 Å². The molecule has 3 N–H and O–H groups in total. The van der Waals surface area contributed by atoms with Gasteiger partial charge >= 0.3 is 0 Å². The van der Waals surface area contributed by atoms with Crippen molar-refractivity contribution in [1.82, 2.24) is 10.6 Å². The van der Waals surface area contributed by atoms with Gasteiger partial charge in [0.2, 0.25) is 0 Å². The standard InChI is InChI=1S/C19H33N3O2.HI/c1-5-19(6-2,12-13-23)15-22-18(20-7-3)21-14-16-8-10-17(24-4)11-9-16;/h8-11,23H,5-7,12-15H2,1-4H3,(H2,20,21,22);1H. The number of rotatable bonds is 10. The van der Waals surface area contributed by atoms with Crippen LogP contribution in [0.2, 0.25) is 0 Å². The number of aliphatic hydroxyl groups is 1. The lowest BCUT2D eigenvalue weighted by atomic mass is 9.79. The summed E-state index contributed by atoms with van der Waals surface area (Å²) in [5.74, 6) is 1.67. The number of aliphatic hydroxyl groups excluding tert-OH is 1. The largest absolute Gasteiger partial charge is 0.497 e. The van der Waals surface area contributed by atoms with Crippen LogP contribution < -0.4 is 15.4 Å². The van der Waals surface area contributed by atoms with Gasteiger partial charge in [-0.1, -0.05) is 26.0 Å². The topological polar surface area (TPSA) is 65.9 Å². The molecule has 25 heavy (non-hydrogen) atoms. The number of nitrogens with one attached hydrogen (secondary N) is 2. The summed E-state index contributed by atoms with van der Waals surface area (Å²) in [5.41, 5.74) is 1.26. The third-order valence-corrected chi connectivity index (χ3v) is 4.70. The van der Waals surface area contributed by atoms with Crippen molar-refractivity contribution in [1.29, 1.82) is 0 Å². The van der Waals surface area contributed by atoms with Gasteiger partial charge < -0.3 is 20.5 Å². The third kappa shape index (κ3) is 8.27. The maximum absolute atomic E-state index is 9.34. The van der Waals surface area contributed by atoms with Crippen molar-refractivity contribution >= 4 is 29.9 Å². The maximum Gasteiger partial charge on any atom is 0.191 e. The Hall–Kier alpha value is -1.02. The fraction of sp³-hybridized carbons (Fsp3) is 0.632. The molecule has 0 bridgehead atoms. The number of halogens is 1. The average molecular weight is 463 g/mol. The Kier molecular flexibility index (Phi) is 12.7. The summed E-state index contributed by atoms with van der Waals surface area (Å²) in [6.07, 6.45) is 2.88. The molecular weight excluding hydrogens is 429 g/mol. The quantitative estimate of drug-likeness (QED) is 0.282. The lowest BCUT2D eigenvalue weighted by Crippen LogP contribution is -2.43. The molecule has 1 aromatic carbocycles. The Morgan fingerprint density at radius 1 is 1.12 bits per heavy atom. The Morgan fingerprint density at radius 2 is 1.76 bits per heavy atom. The average Bonchev–Trinajstić information content (AvgIpc) is 2.63. The monoisotopic (exact) mass is 463 g/mol. The van der Waals surface area contributed by atoms with Crippen molar-refractivity contribution in [3.63, 3.8) is 0 Å². The minimum Gasteiger partial charge on any atom is -0.497 e. The molecule has 0 saturated heterocycles. The summed E-state index contributed by atoms with van der Waals surface area (Å²) in [6.45, 7) is 8.90. The van der Waals surface area contributed by atoms with E-state index >= 15 is 0 Å². The van der Waals surface area contributed by atoms with Gasteiger partial charge in [-0.15, -0.1) is 24.0 Å². The zero-order valence-corrected chi connectivity index (χ0v) is 18.3. The normalized spacial score (nSPS) is 11.6. The van der Waals surface area contributed by atoms with Crippen molar-refractivity contribution in [2.75, 3.05) is 26.8 Å². The number of ether oxygens (including phenoxy) is 1. The van der Waals surface area contributed by atoms with Crippen molar-refractivity contribution < 1.29 is 9.84 Å². The molecule has 0 amide bonds. The minimum absolute atomic E-state index is 0. The summed E-state index contributed by atoms with van der Waals surface area (Å²) in [4.78, 5) is 4.66. The molecule has 0 spiro atoms. The predicted molar refractivity (Wildman–Crippen MR) is 116 cm³/mol. The summed E-state index contributed by atoms with van der Waals surface area (Å²) in [7, 11) is 1.67. The number of methoxy groups -OCH3 is 1. The lowest BCUT2D eigenvalue weighted by molar-refractivity contribution is 0.169. The highest BCUT2D eigenvalue weighted by molar-refractivity contribution is 14.0. The zero-order chi connectivity index (χ0) is 17.8. The van der Waals surface area contributed by atoms with E-state index in [0.29, 0.717) is 6.54 Å². The van der Waals surface area contributed by atoms with Crippen LogP contribution >= 0.6 is 24.0 Å². The highest BCUT2D eigenvalue weighted by Gasteiger charge is 2.25. The second-order valence-electron chi connectivity index (χ2n) is 6.08. The lowest BCUT2D eigenvalue weighted by Gasteiger charge is -2.32. The number of aliphatic imine (C=N–C) groups is 1. The highest BCUT2D eigenvalue weighted by atomic mass is 127. The van der Waals surface area contributed by atoms with E-state index in [0.717, 1.165) is 49.6 Å². The first kappa shape index (κ1) is 24.0. The Labute approximate surface area is 169 Å². The second-order valence-corrected chi connectivity index (χ2v) is 6.08. The van der Waals surface area contributed by atoms with E-state index in [1.54, 1.807) is 7.11 Å². The molecule has 0 aliphatic carbocycles. The summed E-state index contributed by atoms with van der Waals surface area (Å²) < 4.78 is 5.18. The molecule has 0 aliphatic rings. The number of hydrogen-bond donors (Lipinski definition) is 3. The van der Waals surface area contributed by atoms with E-state index in [1.165, 1.54) is 0 Å². The minimum atomic E-state index is 0. The first-order valence-electron chi connectivity index (χ1n) is 8.89. The van der Waals surface area contributed by atoms with E-state index in [4.69, 9.17) is 4.74 Å². The van der Waals surface area contributed by atoms with E-state index < -0.39 is 0 Å². The predicted octanol–water partition coefficient (Wildman–Crippen LogP) is 3.56. The number of guanidine groups is 1. The van der Waals surface area contributed by atoms with Gasteiger partial charge in [-0.3, -0.25) is 0 Å². The molecule has 0 radical (unpaired) electrons. The van der Waals surface area contributed by atoms with Crippen LogP contribution in [0.25, 0.3) is 0 Å². The molecule has 0 aromatic heterocycles. The van der Waals surface area contributed by atoms with Gasteiger partial charge in [0.05, 0.1) is 13.7 Å². The summed E-state index contributed by atoms with van der Waals surface area (Å²) in [5, 5.41) is 16.1. The van der Waals surface area contributed by atoms with Gasteiger partial charge in [-0.05, 0) is 49.3 Å². The Bertz CT molecular complexity index is 488. The fourth-order valence-electron chi connectivity index (χ4n) is 2.69. The molecular formula is C19H34IN3O2. The first-order chi connectivity index (χ1) is 11.6. The van der Waals surface area contributed by atoms with Crippen LogP contribution in [-0.4, -0.2) is 37.9 Å². The SMILES string of the molecule is CCNC(=NCc1ccc(OC)cc1)NCC(CC)(CC)CCO.I. The molecule has 6 heteroatoms. The van der Waals surface area contributed by atoms with Crippen LogP contribution in [-0.2, 0) is 6.54 Å². The van der Waals surface area contributed by atoms with E-state index in [9.17, 15) is 5.11 Å². The zero-order valence-electron chi connectivity index (χ0n) is 16.0. The van der Waals surface area contributed by atoms with Crippen LogP contribution in [0.15, 0.2) is 29.3 Å². The number of hydrogen-bond acceptors (Lipinski definition) is 3. The third-order valence-electron chi connectivity index (χ3n) is 4.70. The molecule has 5 nitrogen and oxygen atoms in total. The van der Waals surface area contributed by atoms with Crippen LogP contribution in [0.3, 0.4) is 0 Å². The Balaban J connectivity index is 0.00000576. The van der Waals surface area contributed by atoms with Crippen molar-refractivity contribution in [2.45, 2.75) is 46.6 Å². The van der Waals surface area contributed by atoms with Crippen molar-refractivity contribution in [3.8, 4) is 5.75 Å². The van der Waals surface area contributed by atoms with Gasteiger partial charge in [-0.25, -0.2) is 4.99 Å². The van der Waals surface area contributed by atoms with Crippen molar-refractivity contribution in [3.05, 3.63) is 29.8 Å². The summed E-state index contributed by atoms with van der Waals surface area (Å²) in [6, 6.07) is 7.96. The second kappa shape index (κ2) is 13.2. The molecule has 144 valence electrons. The molecule has 1 aromatic rings. The van der Waals surface area contributed by atoms with Crippen LogP contribution in [0.4, 0.5) is 0 Å². The molecule has 0 unspecified atom stereocenters. The van der Waals surface area contributed by atoms with Crippen LogP contribution in [0.1, 0.15) is 45.6 Å². The molecule has 0 aliphatic heterocycles. The molecule has 1 rings (SSSR count). The molecule has 0 fully saturated rings. The smallest absolute Gasteiger partial charge is 0.191 e. The first-order valence-corrected chi connectivity index (χ1v) is 8.89. The van der Waals surface area contributed by atoms with E-state index in [1.807, 2.05) is 24.3 Å². The van der Waals surface area contributed by atoms with Gasteiger partial charge in [0, 0.05) is 19.7 Å². The number of nitrogens with zero attached hydrogens (tertiary/aromatic N) is 1. The highest BCUT2D eigenvalue weighted by Crippen LogP contribution is 2.29. The summed E-state index contributed by atoms with van der Waals surface area (Å²) >= 11 is 0. The molecule has 0 atom stereocenters. The fourth-order valence-corrected chi connectivity index (χ4v) is 2.69. The maximum atomic E-state index is 9.34.